The van der Waals surface area contributed by atoms with Crippen molar-refractivity contribution >= 4 is 56.9 Å². The van der Waals surface area contributed by atoms with Crippen LogP contribution in [0.15, 0.2) is 58.6 Å². The molecule has 0 unspecified atom stereocenters. The largest absolute Gasteiger partial charge is 0.0824 e. The van der Waals surface area contributed by atoms with Crippen molar-refractivity contribution in [2.75, 3.05) is 0 Å². The maximum absolute atomic E-state index is 6.56. The molecule has 0 nitrogen and oxygen atoms in total. The highest BCUT2D eigenvalue weighted by molar-refractivity contribution is 14.1. The molecule has 1 radical (unpaired) electrons. The van der Waals surface area contributed by atoms with Crippen molar-refractivity contribution in [2.45, 2.75) is 13.3 Å². The topological polar surface area (TPSA) is 0 Å². The molecule has 2 aromatic rings. The van der Waals surface area contributed by atoms with Crippen LogP contribution < -0.4 is 0 Å². The van der Waals surface area contributed by atoms with E-state index in [0.29, 0.717) is 10.1 Å². The van der Waals surface area contributed by atoms with Crippen molar-refractivity contribution in [1.29, 1.82) is 0 Å². The molecule has 0 atom stereocenters. The van der Waals surface area contributed by atoms with Gasteiger partial charge in [0.25, 0.3) is 0 Å². The van der Waals surface area contributed by atoms with E-state index >= 15 is 0 Å². The van der Waals surface area contributed by atoms with E-state index in [0.717, 1.165) is 28.7 Å². The van der Waals surface area contributed by atoms with Crippen molar-refractivity contribution in [3.63, 3.8) is 0 Å². The van der Waals surface area contributed by atoms with Crippen molar-refractivity contribution in [2.24, 2.45) is 0 Å². The van der Waals surface area contributed by atoms with Gasteiger partial charge in [-0.25, -0.2) is 0 Å². The standard InChI is InChI=1S/C19H14Cl2I/c1-12-5-7-13(8-6-12)16-9-10-17(19(21)18(16)20)14-3-2-4-15(22)11-14/h2-8,10-11H,9H2,1H3. The van der Waals surface area contributed by atoms with Gasteiger partial charge in [0.05, 0.1) is 10.1 Å². The van der Waals surface area contributed by atoms with Crippen LogP contribution in [0.25, 0.3) is 11.1 Å². The molecule has 2 aromatic carbocycles. The lowest BCUT2D eigenvalue weighted by atomic mass is 9.89. The predicted molar refractivity (Wildman–Crippen MR) is 105 cm³/mol. The predicted octanol–water partition coefficient (Wildman–Crippen LogP) is 6.81. The maximum atomic E-state index is 6.56. The summed E-state index contributed by atoms with van der Waals surface area (Å²) in [6, 6.07) is 16.7. The summed E-state index contributed by atoms with van der Waals surface area (Å²) in [6.45, 7) is 2.08. The van der Waals surface area contributed by atoms with Crippen LogP contribution in [0.2, 0.25) is 0 Å². The van der Waals surface area contributed by atoms with Crippen molar-refractivity contribution < 1.29 is 0 Å². The fourth-order valence-electron chi connectivity index (χ4n) is 2.53. The zero-order valence-corrected chi connectivity index (χ0v) is 15.7. The Morgan fingerprint density at radius 3 is 2.32 bits per heavy atom. The quantitative estimate of drug-likeness (QED) is 0.451. The Balaban J connectivity index is 2.05. The molecule has 1 aliphatic rings. The molecule has 0 aromatic heterocycles. The van der Waals surface area contributed by atoms with E-state index in [1.165, 1.54) is 9.13 Å². The van der Waals surface area contributed by atoms with Gasteiger partial charge in [0, 0.05) is 3.57 Å². The lowest BCUT2D eigenvalue weighted by Crippen LogP contribution is -2.01. The number of allylic oxidation sites excluding steroid dienone is 4. The summed E-state index contributed by atoms with van der Waals surface area (Å²) in [5, 5.41) is 1.28. The third-order valence-corrected chi connectivity index (χ3v) is 5.32. The summed E-state index contributed by atoms with van der Waals surface area (Å²) in [5.41, 5.74) is 5.58. The van der Waals surface area contributed by atoms with Gasteiger partial charge in [-0.2, -0.15) is 0 Å². The molecule has 0 bridgehead atoms. The third kappa shape index (κ3) is 3.27. The summed E-state index contributed by atoms with van der Waals surface area (Å²) in [6.07, 6.45) is 2.95. The maximum Gasteiger partial charge on any atom is 0.0636 e. The second-order valence-corrected chi connectivity index (χ2v) is 7.31. The molecule has 0 aliphatic heterocycles. The molecule has 3 rings (SSSR count). The fourth-order valence-corrected chi connectivity index (χ4v) is 3.67. The normalized spacial score (nSPS) is 15.5. The monoisotopic (exact) mass is 439 g/mol. The zero-order chi connectivity index (χ0) is 15.7. The Bertz CT molecular complexity index is 770. The zero-order valence-electron chi connectivity index (χ0n) is 12.0. The average Bonchev–Trinajstić information content (AvgIpc) is 2.51. The highest BCUT2D eigenvalue weighted by Gasteiger charge is 2.21. The molecule has 0 saturated heterocycles. The van der Waals surface area contributed by atoms with Gasteiger partial charge >= 0.3 is 0 Å². The number of benzene rings is 2. The van der Waals surface area contributed by atoms with Crippen LogP contribution in [0.1, 0.15) is 23.1 Å². The SMILES string of the molecule is Cc1ccc(C2=C(Cl)C(Cl)=C(c3cccc(I)c3)[CH]C2)cc1. The molecule has 0 heterocycles. The lowest BCUT2D eigenvalue weighted by Gasteiger charge is -2.20. The highest BCUT2D eigenvalue weighted by atomic mass is 127. The molecule has 1 aliphatic carbocycles. The Labute approximate surface area is 155 Å². The molecule has 3 heteroatoms. The summed E-state index contributed by atoms with van der Waals surface area (Å²) >= 11 is 15.4. The first-order chi connectivity index (χ1) is 10.6. The van der Waals surface area contributed by atoms with Crippen LogP contribution in [0, 0.1) is 16.9 Å². The van der Waals surface area contributed by atoms with Crippen molar-refractivity contribution in [1.82, 2.24) is 0 Å². The Kier molecular flexibility index (Phi) is 4.96. The van der Waals surface area contributed by atoms with Crippen LogP contribution >= 0.6 is 45.8 Å². The number of hydrogen-bond donors (Lipinski definition) is 0. The Hall–Kier alpha value is -0.770. The summed E-state index contributed by atoms with van der Waals surface area (Å²) in [5.74, 6) is 0. The van der Waals surface area contributed by atoms with Crippen LogP contribution in [0.4, 0.5) is 0 Å². The molecule has 0 fully saturated rings. The number of halogens is 3. The first kappa shape index (κ1) is 16.1. The number of rotatable bonds is 2. The summed E-state index contributed by atoms with van der Waals surface area (Å²) in [4.78, 5) is 0. The average molecular weight is 440 g/mol. The molecule has 0 saturated carbocycles. The fraction of sp³-hybridized carbons (Fsp3) is 0.105. The first-order valence-electron chi connectivity index (χ1n) is 7.01. The third-order valence-electron chi connectivity index (χ3n) is 3.74. The molecular formula is C19H14Cl2I. The van der Waals surface area contributed by atoms with Crippen LogP contribution in [-0.2, 0) is 0 Å². The highest BCUT2D eigenvalue weighted by Crippen LogP contribution is 2.43. The van der Waals surface area contributed by atoms with Crippen LogP contribution in [0.5, 0.6) is 0 Å². The molecule has 0 spiro atoms. The minimum absolute atomic E-state index is 0.630. The molecule has 0 N–H and O–H groups in total. The first-order valence-corrected chi connectivity index (χ1v) is 8.84. The van der Waals surface area contributed by atoms with E-state index in [9.17, 15) is 0 Å². The Morgan fingerprint density at radius 1 is 0.909 bits per heavy atom. The number of hydrogen-bond acceptors (Lipinski definition) is 0. The minimum Gasteiger partial charge on any atom is -0.0824 e. The van der Waals surface area contributed by atoms with E-state index < -0.39 is 0 Å². The van der Waals surface area contributed by atoms with E-state index in [4.69, 9.17) is 23.2 Å². The van der Waals surface area contributed by atoms with E-state index in [2.05, 4.69) is 78.4 Å². The van der Waals surface area contributed by atoms with Crippen LogP contribution in [0.3, 0.4) is 0 Å². The summed E-state index contributed by atoms with van der Waals surface area (Å²) < 4.78 is 1.19. The minimum atomic E-state index is 0.630. The van der Waals surface area contributed by atoms with E-state index in [1.54, 1.807) is 0 Å². The van der Waals surface area contributed by atoms with E-state index in [-0.39, 0.29) is 0 Å². The van der Waals surface area contributed by atoms with Gasteiger partial charge in [-0.15, -0.1) is 0 Å². The Morgan fingerprint density at radius 2 is 1.64 bits per heavy atom. The van der Waals surface area contributed by atoms with Crippen LogP contribution in [-0.4, -0.2) is 0 Å². The second kappa shape index (κ2) is 6.77. The second-order valence-electron chi connectivity index (χ2n) is 5.30. The van der Waals surface area contributed by atoms with Gasteiger partial charge in [0.1, 0.15) is 0 Å². The number of aryl methyl sites for hydroxylation is 1. The molecule has 111 valence electrons. The van der Waals surface area contributed by atoms with Gasteiger partial charge < -0.3 is 0 Å². The van der Waals surface area contributed by atoms with Gasteiger partial charge in [-0.05, 0) is 76.8 Å². The summed E-state index contributed by atoms with van der Waals surface area (Å²) in [7, 11) is 0. The van der Waals surface area contributed by atoms with Crippen molar-refractivity contribution in [3.8, 4) is 0 Å². The van der Waals surface area contributed by atoms with Crippen molar-refractivity contribution in [3.05, 3.63) is 85.3 Å². The van der Waals surface area contributed by atoms with E-state index in [1.807, 2.05) is 6.07 Å². The smallest absolute Gasteiger partial charge is 0.0636 e. The van der Waals surface area contributed by atoms with Gasteiger partial charge in [-0.1, -0.05) is 65.2 Å². The van der Waals surface area contributed by atoms with Gasteiger partial charge in [0.2, 0.25) is 0 Å². The molecule has 0 amide bonds. The van der Waals surface area contributed by atoms with Gasteiger partial charge in [0.15, 0.2) is 0 Å². The lowest BCUT2D eigenvalue weighted by molar-refractivity contribution is 1.26. The van der Waals surface area contributed by atoms with Gasteiger partial charge in [-0.3, -0.25) is 0 Å². The molecular weight excluding hydrogens is 426 g/mol. The molecule has 22 heavy (non-hydrogen) atoms.